The minimum absolute atomic E-state index is 0.00982. The van der Waals surface area contributed by atoms with Gasteiger partial charge in [0.25, 0.3) is 0 Å². The minimum atomic E-state index is -0.369. The van der Waals surface area contributed by atoms with Crippen LogP contribution in [0.15, 0.2) is 53.7 Å². The summed E-state index contributed by atoms with van der Waals surface area (Å²) in [5.41, 5.74) is 3.87. The van der Waals surface area contributed by atoms with E-state index in [-0.39, 0.29) is 16.9 Å². The molecule has 4 rings (SSSR count). The number of rotatable bonds is 7. The molecular weight excluding hydrogens is 410 g/mol. The van der Waals surface area contributed by atoms with Gasteiger partial charge in [-0.15, -0.1) is 10.2 Å². The summed E-state index contributed by atoms with van der Waals surface area (Å²) in [6.45, 7) is 6.30. The van der Waals surface area contributed by atoms with Crippen LogP contribution in [0.4, 0.5) is 5.69 Å². The maximum Gasteiger partial charge on any atom is 0.237 e. The van der Waals surface area contributed by atoms with E-state index in [1.54, 1.807) is 24.3 Å². The van der Waals surface area contributed by atoms with Gasteiger partial charge in [0, 0.05) is 23.2 Å². The fourth-order valence-corrected chi connectivity index (χ4v) is 4.33. The normalized spacial score (nSPS) is 12.2. The van der Waals surface area contributed by atoms with E-state index in [1.165, 1.54) is 18.7 Å². The van der Waals surface area contributed by atoms with Gasteiger partial charge in [-0.1, -0.05) is 36.9 Å². The lowest BCUT2D eigenvalue weighted by Gasteiger charge is -2.14. The SMILES string of the molecule is CC[C@@H](Sc1nnc2c3ccccc3n(CC)c2n1)C(=O)Nc1ccc(C(C)=O)cc1. The van der Waals surface area contributed by atoms with Gasteiger partial charge in [-0.3, -0.25) is 9.59 Å². The third-order valence-electron chi connectivity index (χ3n) is 5.14. The maximum atomic E-state index is 12.8. The van der Waals surface area contributed by atoms with Crippen LogP contribution in [0, 0.1) is 0 Å². The second-order valence-electron chi connectivity index (χ2n) is 7.17. The number of fused-ring (bicyclic) bond motifs is 3. The molecule has 0 bridgehead atoms. The van der Waals surface area contributed by atoms with Crippen molar-refractivity contribution in [1.82, 2.24) is 19.7 Å². The van der Waals surface area contributed by atoms with Gasteiger partial charge in [-0.2, -0.15) is 0 Å². The van der Waals surface area contributed by atoms with E-state index in [0.717, 1.165) is 28.6 Å². The van der Waals surface area contributed by atoms with Crippen molar-refractivity contribution in [1.29, 1.82) is 0 Å². The highest BCUT2D eigenvalue weighted by atomic mass is 32.2. The number of hydrogen-bond acceptors (Lipinski definition) is 6. The van der Waals surface area contributed by atoms with E-state index in [1.807, 2.05) is 25.1 Å². The van der Waals surface area contributed by atoms with Crippen LogP contribution in [0.5, 0.6) is 0 Å². The summed E-state index contributed by atoms with van der Waals surface area (Å²) in [5, 5.41) is 12.7. The molecule has 0 aliphatic carbocycles. The van der Waals surface area contributed by atoms with Gasteiger partial charge in [-0.05, 0) is 50.6 Å². The van der Waals surface area contributed by atoms with Crippen molar-refractivity contribution in [2.45, 2.75) is 44.1 Å². The number of carbonyl (C=O) groups excluding carboxylic acids is 2. The summed E-state index contributed by atoms with van der Waals surface area (Å²) < 4.78 is 2.11. The Morgan fingerprint density at radius 3 is 2.48 bits per heavy atom. The number of nitrogens with one attached hydrogen (secondary N) is 1. The van der Waals surface area contributed by atoms with E-state index in [0.29, 0.717) is 22.8 Å². The number of carbonyl (C=O) groups is 2. The molecular formula is C23H23N5O2S. The number of aromatic nitrogens is 4. The highest BCUT2D eigenvalue weighted by Crippen LogP contribution is 2.29. The topological polar surface area (TPSA) is 89.8 Å². The standard InChI is InChI=1S/C23H23N5O2S/c1-4-19(22(30)24-16-12-10-15(11-13-16)14(3)29)31-23-25-21-20(26-27-23)17-8-6-7-9-18(17)28(21)5-2/h6-13,19H,4-5H2,1-3H3,(H,24,30)/t19-/m1/s1. The number of aryl methyl sites for hydroxylation is 1. The number of para-hydroxylation sites is 1. The van der Waals surface area contributed by atoms with Crippen LogP contribution in [-0.4, -0.2) is 36.7 Å². The molecule has 0 fully saturated rings. The number of ketones is 1. The highest BCUT2D eigenvalue weighted by Gasteiger charge is 2.21. The fraction of sp³-hybridized carbons (Fsp3) is 0.261. The molecule has 0 saturated heterocycles. The van der Waals surface area contributed by atoms with Crippen LogP contribution in [0.25, 0.3) is 22.1 Å². The van der Waals surface area contributed by atoms with Crippen LogP contribution in [0.1, 0.15) is 37.6 Å². The molecule has 2 heterocycles. The first-order chi connectivity index (χ1) is 15.0. The minimum Gasteiger partial charge on any atom is -0.325 e. The van der Waals surface area contributed by atoms with Gasteiger partial charge in [0.05, 0.1) is 10.8 Å². The van der Waals surface area contributed by atoms with E-state index in [2.05, 4.69) is 33.1 Å². The fourth-order valence-electron chi connectivity index (χ4n) is 3.52. The van der Waals surface area contributed by atoms with Crippen molar-refractivity contribution in [3.05, 3.63) is 54.1 Å². The average Bonchev–Trinajstić information content (AvgIpc) is 3.10. The molecule has 0 aliphatic rings. The number of benzene rings is 2. The van der Waals surface area contributed by atoms with Crippen LogP contribution in [0.2, 0.25) is 0 Å². The second-order valence-corrected chi connectivity index (χ2v) is 8.34. The molecule has 0 spiro atoms. The lowest BCUT2D eigenvalue weighted by molar-refractivity contribution is -0.115. The molecule has 7 nitrogen and oxygen atoms in total. The van der Waals surface area contributed by atoms with E-state index in [4.69, 9.17) is 4.98 Å². The van der Waals surface area contributed by atoms with Crippen molar-refractivity contribution in [3.63, 3.8) is 0 Å². The van der Waals surface area contributed by atoms with Crippen molar-refractivity contribution in [3.8, 4) is 0 Å². The third kappa shape index (κ3) is 4.16. The Bertz CT molecular complexity index is 1270. The monoisotopic (exact) mass is 433 g/mol. The average molecular weight is 434 g/mol. The molecule has 0 radical (unpaired) electrons. The van der Waals surface area contributed by atoms with Crippen LogP contribution in [-0.2, 0) is 11.3 Å². The Morgan fingerprint density at radius 2 is 1.81 bits per heavy atom. The number of Topliss-reactive ketones (excluding diaryl/α,β-unsaturated/α-hetero) is 1. The Morgan fingerprint density at radius 1 is 1.06 bits per heavy atom. The second kappa shape index (κ2) is 8.85. The van der Waals surface area contributed by atoms with Crippen molar-refractivity contribution < 1.29 is 9.59 Å². The smallest absolute Gasteiger partial charge is 0.237 e. The van der Waals surface area contributed by atoms with Crippen molar-refractivity contribution in [2.24, 2.45) is 0 Å². The van der Waals surface area contributed by atoms with Gasteiger partial charge in [0.1, 0.15) is 5.52 Å². The van der Waals surface area contributed by atoms with Crippen molar-refractivity contribution in [2.75, 3.05) is 5.32 Å². The molecule has 0 saturated carbocycles. The van der Waals surface area contributed by atoms with Crippen LogP contribution >= 0.6 is 11.8 Å². The van der Waals surface area contributed by atoms with Crippen LogP contribution < -0.4 is 5.32 Å². The molecule has 0 aliphatic heterocycles. The number of thioether (sulfide) groups is 1. The zero-order chi connectivity index (χ0) is 22.0. The summed E-state index contributed by atoms with van der Waals surface area (Å²) in [6.07, 6.45) is 0.611. The number of nitrogens with zero attached hydrogens (tertiary/aromatic N) is 4. The number of anilines is 1. The Hall–Kier alpha value is -3.26. The van der Waals surface area contributed by atoms with E-state index < -0.39 is 0 Å². The molecule has 158 valence electrons. The molecule has 31 heavy (non-hydrogen) atoms. The Kier molecular flexibility index (Phi) is 5.99. The maximum absolute atomic E-state index is 12.8. The molecule has 4 aromatic rings. The summed E-state index contributed by atoms with van der Waals surface area (Å²) in [7, 11) is 0. The van der Waals surface area contributed by atoms with Gasteiger partial charge < -0.3 is 9.88 Å². The summed E-state index contributed by atoms with van der Waals surface area (Å²) in [5.74, 6) is -0.146. The van der Waals surface area contributed by atoms with Crippen LogP contribution in [0.3, 0.4) is 0 Å². The van der Waals surface area contributed by atoms with Gasteiger partial charge >= 0.3 is 0 Å². The third-order valence-corrected chi connectivity index (χ3v) is 6.36. The summed E-state index contributed by atoms with van der Waals surface area (Å²) in [6, 6.07) is 14.9. The van der Waals surface area contributed by atoms with Gasteiger partial charge in [0.15, 0.2) is 11.4 Å². The molecule has 1 N–H and O–H groups in total. The molecule has 8 heteroatoms. The zero-order valence-corrected chi connectivity index (χ0v) is 18.4. The largest absolute Gasteiger partial charge is 0.325 e. The molecule has 2 aromatic carbocycles. The first kappa shape index (κ1) is 21.0. The predicted molar refractivity (Wildman–Crippen MR) is 124 cm³/mol. The number of amides is 1. The summed E-state index contributed by atoms with van der Waals surface area (Å²) >= 11 is 1.30. The molecule has 2 aromatic heterocycles. The number of hydrogen-bond donors (Lipinski definition) is 1. The lowest BCUT2D eigenvalue weighted by atomic mass is 10.1. The first-order valence-electron chi connectivity index (χ1n) is 10.2. The Labute approximate surface area is 184 Å². The van der Waals surface area contributed by atoms with Gasteiger partial charge in [-0.25, -0.2) is 4.98 Å². The highest BCUT2D eigenvalue weighted by molar-refractivity contribution is 8.00. The molecule has 0 unspecified atom stereocenters. The molecule has 1 atom stereocenters. The molecule has 1 amide bonds. The van der Waals surface area contributed by atoms with E-state index >= 15 is 0 Å². The Balaban J connectivity index is 1.57. The van der Waals surface area contributed by atoms with E-state index in [9.17, 15) is 9.59 Å². The predicted octanol–water partition coefficient (Wildman–Crippen LogP) is 4.71. The zero-order valence-electron chi connectivity index (χ0n) is 17.6. The first-order valence-corrected chi connectivity index (χ1v) is 11.1. The lowest BCUT2D eigenvalue weighted by Crippen LogP contribution is -2.25. The summed E-state index contributed by atoms with van der Waals surface area (Å²) in [4.78, 5) is 29.0. The van der Waals surface area contributed by atoms with Gasteiger partial charge in [0.2, 0.25) is 11.1 Å². The van der Waals surface area contributed by atoms with Crippen molar-refractivity contribution >= 4 is 51.2 Å². The quantitative estimate of drug-likeness (QED) is 0.335.